The highest BCUT2D eigenvalue weighted by Gasteiger charge is 2.16. The van der Waals surface area contributed by atoms with Gasteiger partial charge in [0.2, 0.25) is 10.0 Å². The summed E-state index contributed by atoms with van der Waals surface area (Å²) in [5.74, 6) is 0.873. The van der Waals surface area contributed by atoms with Crippen LogP contribution in [0.4, 0.5) is 0 Å². The number of nitrogens with one attached hydrogen (secondary N) is 2. The number of benzene rings is 1. The molecule has 0 aliphatic heterocycles. The minimum Gasteiger partial charge on any atom is -0.497 e. The van der Waals surface area contributed by atoms with Crippen molar-refractivity contribution < 1.29 is 17.9 Å². The lowest BCUT2D eigenvalue weighted by atomic mass is 10.3. The van der Waals surface area contributed by atoms with E-state index in [2.05, 4.69) is 10.0 Å². The first-order valence-electron chi connectivity index (χ1n) is 5.97. The molecule has 0 bridgehead atoms. The van der Waals surface area contributed by atoms with Crippen molar-refractivity contribution in [2.24, 2.45) is 0 Å². The molecule has 2 N–H and O–H groups in total. The van der Waals surface area contributed by atoms with Gasteiger partial charge in [0.25, 0.3) is 0 Å². The summed E-state index contributed by atoms with van der Waals surface area (Å²) >= 11 is 0. The second kappa shape index (κ2) is 9.02. The third kappa shape index (κ3) is 5.54. The van der Waals surface area contributed by atoms with E-state index in [-0.39, 0.29) is 17.3 Å². The first kappa shape index (κ1) is 19.0. The summed E-state index contributed by atoms with van der Waals surface area (Å²) in [5.41, 5.74) is 0. The maximum atomic E-state index is 12.1. The largest absolute Gasteiger partial charge is 0.497 e. The normalized spacial score (nSPS) is 10.8. The summed E-state index contributed by atoms with van der Waals surface area (Å²) in [4.78, 5) is 0.125. The van der Waals surface area contributed by atoms with Crippen LogP contribution in [-0.2, 0) is 10.0 Å². The van der Waals surface area contributed by atoms with E-state index in [0.29, 0.717) is 24.6 Å². The van der Waals surface area contributed by atoms with E-state index in [0.717, 1.165) is 6.54 Å². The predicted molar refractivity (Wildman–Crippen MR) is 80.5 cm³/mol. The van der Waals surface area contributed by atoms with Gasteiger partial charge in [-0.2, -0.15) is 0 Å². The summed E-state index contributed by atoms with van der Waals surface area (Å²) in [6.45, 7) is 3.67. The summed E-state index contributed by atoms with van der Waals surface area (Å²) in [5, 5.41) is 3.04. The maximum Gasteiger partial charge on any atom is 0.240 e. The Bertz CT molecular complexity index is 486. The van der Waals surface area contributed by atoms with E-state index in [1.807, 2.05) is 6.92 Å². The van der Waals surface area contributed by atoms with Crippen molar-refractivity contribution in [3.63, 3.8) is 0 Å². The molecule has 20 heavy (non-hydrogen) atoms. The fourth-order valence-electron chi connectivity index (χ4n) is 1.47. The van der Waals surface area contributed by atoms with Crippen LogP contribution in [0.5, 0.6) is 11.5 Å². The van der Waals surface area contributed by atoms with Crippen molar-refractivity contribution in [1.29, 1.82) is 0 Å². The molecule has 8 heteroatoms. The van der Waals surface area contributed by atoms with Crippen LogP contribution in [0.3, 0.4) is 0 Å². The molecular formula is C12H21ClN2O4S. The van der Waals surface area contributed by atoms with Crippen molar-refractivity contribution in [1.82, 2.24) is 10.0 Å². The Morgan fingerprint density at radius 1 is 1.05 bits per heavy atom. The zero-order valence-corrected chi connectivity index (χ0v) is 13.4. The van der Waals surface area contributed by atoms with Crippen LogP contribution in [0.25, 0.3) is 0 Å². The first-order valence-corrected chi connectivity index (χ1v) is 7.45. The summed E-state index contributed by atoms with van der Waals surface area (Å²) in [7, 11) is -0.604. The molecule has 0 atom stereocenters. The number of hydrogen-bond donors (Lipinski definition) is 2. The number of methoxy groups -OCH3 is 2. The monoisotopic (exact) mass is 324 g/mol. The highest BCUT2D eigenvalue weighted by atomic mass is 35.5. The second-order valence-corrected chi connectivity index (χ2v) is 5.57. The quantitative estimate of drug-likeness (QED) is 0.698. The molecule has 6 nitrogen and oxygen atoms in total. The third-order valence-corrected chi connectivity index (χ3v) is 3.92. The molecule has 116 valence electrons. The van der Waals surface area contributed by atoms with Gasteiger partial charge >= 0.3 is 0 Å². The predicted octanol–water partition coefficient (Wildman–Crippen LogP) is 1.01. The van der Waals surface area contributed by atoms with Gasteiger partial charge in [0.05, 0.1) is 19.1 Å². The fraction of sp³-hybridized carbons (Fsp3) is 0.500. The molecule has 1 aromatic carbocycles. The molecule has 0 aliphatic rings. The van der Waals surface area contributed by atoms with Gasteiger partial charge in [-0.1, -0.05) is 6.92 Å². The molecule has 1 rings (SSSR count). The molecule has 0 unspecified atom stereocenters. The van der Waals surface area contributed by atoms with Crippen molar-refractivity contribution in [3.05, 3.63) is 18.2 Å². The third-order valence-electron chi connectivity index (χ3n) is 2.48. The van der Waals surface area contributed by atoms with E-state index in [1.165, 1.54) is 26.4 Å². The van der Waals surface area contributed by atoms with E-state index in [1.54, 1.807) is 6.07 Å². The molecule has 0 amide bonds. The van der Waals surface area contributed by atoms with Crippen LogP contribution >= 0.6 is 12.4 Å². The van der Waals surface area contributed by atoms with E-state index >= 15 is 0 Å². The van der Waals surface area contributed by atoms with Crippen LogP contribution in [0.2, 0.25) is 0 Å². The number of halogens is 1. The molecule has 0 radical (unpaired) electrons. The topological polar surface area (TPSA) is 76.7 Å². The van der Waals surface area contributed by atoms with Gasteiger partial charge in [0.1, 0.15) is 11.5 Å². The molecule has 0 heterocycles. The highest BCUT2D eigenvalue weighted by Crippen LogP contribution is 2.25. The highest BCUT2D eigenvalue weighted by molar-refractivity contribution is 7.89. The number of hydrogen-bond acceptors (Lipinski definition) is 5. The minimum absolute atomic E-state index is 0. The Hall–Kier alpha value is -1.02. The van der Waals surface area contributed by atoms with Gasteiger partial charge in [0.15, 0.2) is 0 Å². The van der Waals surface area contributed by atoms with Crippen molar-refractivity contribution in [2.75, 3.05) is 33.9 Å². The zero-order valence-electron chi connectivity index (χ0n) is 11.8. The molecule has 1 aromatic rings. The Labute approximate surface area is 126 Å². The molecule has 0 aliphatic carbocycles. The molecule has 0 saturated carbocycles. The lowest BCUT2D eigenvalue weighted by molar-refractivity contribution is 0.392. The van der Waals surface area contributed by atoms with Gasteiger partial charge in [-0.25, -0.2) is 13.1 Å². The molecular weight excluding hydrogens is 304 g/mol. The lowest BCUT2D eigenvalue weighted by Gasteiger charge is -2.10. The fourth-order valence-corrected chi connectivity index (χ4v) is 2.55. The van der Waals surface area contributed by atoms with E-state index in [4.69, 9.17) is 9.47 Å². The van der Waals surface area contributed by atoms with Crippen LogP contribution in [0.1, 0.15) is 6.92 Å². The Balaban J connectivity index is 0.00000361. The molecule has 0 spiro atoms. The van der Waals surface area contributed by atoms with E-state index in [9.17, 15) is 8.42 Å². The van der Waals surface area contributed by atoms with Crippen molar-refractivity contribution in [2.45, 2.75) is 11.8 Å². The SMILES string of the molecule is CCNCCNS(=O)(=O)c1cc(OC)cc(OC)c1.Cl. The summed E-state index contributed by atoms with van der Waals surface area (Å²) in [6, 6.07) is 4.54. The number of sulfonamides is 1. The standard InChI is InChI=1S/C12H20N2O4S.ClH/c1-4-13-5-6-14-19(15,16)12-8-10(17-2)7-11(9-12)18-3;/h7-9,13-14H,4-6H2,1-3H3;1H. The van der Waals surface area contributed by atoms with Crippen LogP contribution in [-0.4, -0.2) is 42.3 Å². The van der Waals surface area contributed by atoms with Gasteiger partial charge in [-0.05, 0) is 6.54 Å². The van der Waals surface area contributed by atoms with Crippen molar-refractivity contribution >= 4 is 22.4 Å². The molecule has 0 saturated heterocycles. The maximum absolute atomic E-state index is 12.1. The van der Waals surface area contributed by atoms with Gasteiger partial charge in [0, 0.05) is 31.3 Å². The first-order chi connectivity index (χ1) is 9.03. The average Bonchev–Trinajstić information content (AvgIpc) is 2.43. The number of likely N-dealkylation sites (N-methyl/N-ethyl adjacent to an activating group) is 1. The Morgan fingerprint density at radius 2 is 1.60 bits per heavy atom. The number of ether oxygens (including phenoxy) is 2. The summed E-state index contributed by atoms with van der Waals surface area (Å²) in [6.07, 6.45) is 0. The second-order valence-electron chi connectivity index (χ2n) is 3.80. The van der Waals surface area contributed by atoms with Gasteiger partial charge in [-0.15, -0.1) is 12.4 Å². The molecule has 0 fully saturated rings. The Morgan fingerprint density at radius 3 is 2.05 bits per heavy atom. The van der Waals surface area contributed by atoms with E-state index < -0.39 is 10.0 Å². The summed E-state index contributed by atoms with van der Waals surface area (Å²) < 4.78 is 36.8. The number of rotatable bonds is 8. The average molecular weight is 325 g/mol. The van der Waals surface area contributed by atoms with Crippen LogP contribution < -0.4 is 19.5 Å². The lowest BCUT2D eigenvalue weighted by Crippen LogP contribution is -2.31. The van der Waals surface area contributed by atoms with Gasteiger partial charge < -0.3 is 14.8 Å². The smallest absolute Gasteiger partial charge is 0.240 e. The zero-order chi connectivity index (χ0) is 14.3. The van der Waals surface area contributed by atoms with Crippen molar-refractivity contribution in [3.8, 4) is 11.5 Å². The molecule has 0 aromatic heterocycles. The van der Waals surface area contributed by atoms with Crippen LogP contribution in [0, 0.1) is 0 Å². The van der Waals surface area contributed by atoms with Crippen LogP contribution in [0.15, 0.2) is 23.1 Å². The Kier molecular flexibility index (Phi) is 8.56. The van der Waals surface area contributed by atoms with Gasteiger partial charge in [-0.3, -0.25) is 0 Å². The minimum atomic E-state index is -3.56.